The Hall–Kier alpha value is -1.60. The Kier molecular flexibility index (Phi) is 5.58. The molecule has 1 aromatic carbocycles. The van der Waals surface area contributed by atoms with Crippen molar-refractivity contribution in [2.24, 2.45) is 0 Å². The first kappa shape index (κ1) is 15.8. The Morgan fingerprint density at radius 1 is 1.43 bits per heavy atom. The largest absolute Gasteiger partial charge is 0.490 e. The molecule has 1 amide bonds. The van der Waals surface area contributed by atoms with E-state index in [1.165, 1.54) is 0 Å². The monoisotopic (exact) mass is 357 g/mol. The number of amides is 1. The van der Waals surface area contributed by atoms with Crippen LogP contribution < -0.4 is 9.47 Å². The van der Waals surface area contributed by atoms with Gasteiger partial charge in [-0.1, -0.05) is 0 Å². The van der Waals surface area contributed by atoms with E-state index in [-0.39, 0.29) is 5.75 Å². The molecule has 2 rings (SSSR count). The molecule has 0 spiro atoms. The summed E-state index contributed by atoms with van der Waals surface area (Å²) in [7, 11) is 0. The second-order valence-corrected chi connectivity index (χ2v) is 5.20. The minimum absolute atomic E-state index is 0.277. The highest BCUT2D eigenvalue weighted by Crippen LogP contribution is 2.37. The van der Waals surface area contributed by atoms with E-state index in [0.29, 0.717) is 55.0 Å². The zero-order chi connectivity index (χ0) is 15.2. The van der Waals surface area contributed by atoms with Crippen molar-refractivity contribution < 1.29 is 23.8 Å². The summed E-state index contributed by atoms with van der Waals surface area (Å²) in [5.74, 6) is 0.634. The lowest BCUT2D eigenvalue weighted by molar-refractivity contribution is 0.0412. The van der Waals surface area contributed by atoms with E-state index in [1.807, 2.05) is 6.92 Å². The van der Waals surface area contributed by atoms with Gasteiger partial charge in [0.1, 0.15) is 6.29 Å². The van der Waals surface area contributed by atoms with Crippen molar-refractivity contribution in [1.82, 2.24) is 4.90 Å². The summed E-state index contributed by atoms with van der Waals surface area (Å²) >= 11 is 3.30. The number of ether oxygens (including phenoxy) is 3. The average molecular weight is 358 g/mol. The van der Waals surface area contributed by atoms with Crippen LogP contribution in [0.3, 0.4) is 0 Å². The van der Waals surface area contributed by atoms with Crippen LogP contribution >= 0.6 is 15.9 Å². The van der Waals surface area contributed by atoms with Gasteiger partial charge in [-0.2, -0.15) is 0 Å². The first-order valence-corrected chi connectivity index (χ1v) is 7.41. The second-order valence-electron chi connectivity index (χ2n) is 4.35. The number of morpholine rings is 1. The summed E-state index contributed by atoms with van der Waals surface area (Å²) in [5, 5.41) is 0. The summed E-state index contributed by atoms with van der Waals surface area (Å²) in [5.41, 5.74) is 0.441. The molecule has 21 heavy (non-hydrogen) atoms. The van der Waals surface area contributed by atoms with Gasteiger partial charge in [0, 0.05) is 18.7 Å². The van der Waals surface area contributed by atoms with Crippen LogP contribution in [0.2, 0.25) is 0 Å². The first-order chi connectivity index (χ1) is 10.2. The van der Waals surface area contributed by atoms with Gasteiger partial charge in [0.05, 0.1) is 24.3 Å². The normalized spacial score (nSPS) is 14.7. The van der Waals surface area contributed by atoms with Crippen LogP contribution in [0.15, 0.2) is 16.6 Å². The number of carbonyl (C=O) groups excluding carboxylic acids is 2. The lowest BCUT2D eigenvalue weighted by atomic mass is 10.2. The molecule has 114 valence electrons. The predicted molar refractivity (Wildman–Crippen MR) is 79.1 cm³/mol. The fraction of sp³-hybridized carbons (Fsp3) is 0.429. The molecule has 0 aliphatic carbocycles. The van der Waals surface area contributed by atoms with Crippen LogP contribution in [0.1, 0.15) is 17.3 Å². The van der Waals surface area contributed by atoms with E-state index < -0.39 is 6.09 Å². The quantitative estimate of drug-likeness (QED) is 0.774. The summed E-state index contributed by atoms with van der Waals surface area (Å²) < 4.78 is 16.5. The molecule has 1 fully saturated rings. The summed E-state index contributed by atoms with van der Waals surface area (Å²) in [6.07, 6.45) is 0.250. The molecular weight excluding hydrogens is 342 g/mol. The maximum absolute atomic E-state index is 12.1. The average Bonchev–Trinajstić information content (AvgIpc) is 2.51. The smallest absolute Gasteiger partial charge is 0.415 e. The number of carbonyl (C=O) groups is 2. The van der Waals surface area contributed by atoms with Crippen LogP contribution in [-0.4, -0.2) is 50.2 Å². The number of benzene rings is 1. The van der Waals surface area contributed by atoms with E-state index in [0.717, 1.165) is 0 Å². The molecule has 0 aromatic heterocycles. The van der Waals surface area contributed by atoms with Crippen molar-refractivity contribution in [2.45, 2.75) is 6.92 Å². The number of rotatable bonds is 4. The second kappa shape index (κ2) is 7.42. The molecule has 1 aromatic rings. The standard InChI is InChI=1S/C14H16BrNO5/c1-2-20-12-8-10(9-17)7-11(15)13(12)21-14(18)16-3-5-19-6-4-16/h7-9H,2-6H2,1H3. The molecule has 0 radical (unpaired) electrons. The number of nitrogens with zero attached hydrogens (tertiary/aromatic N) is 1. The van der Waals surface area contributed by atoms with Crippen molar-refractivity contribution in [2.75, 3.05) is 32.9 Å². The van der Waals surface area contributed by atoms with Crippen LogP contribution in [0.5, 0.6) is 11.5 Å². The van der Waals surface area contributed by atoms with Gasteiger partial charge in [-0.25, -0.2) is 4.79 Å². The summed E-state index contributed by atoms with van der Waals surface area (Å²) in [6.45, 7) is 4.20. The minimum Gasteiger partial charge on any atom is -0.490 e. The third kappa shape index (κ3) is 3.95. The maximum atomic E-state index is 12.1. The Morgan fingerprint density at radius 3 is 2.76 bits per heavy atom. The molecule has 1 aliphatic heterocycles. The van der Waals surface area contributed by atoms with Crippen molar-refractivity contribution in [3.63, 3.8) is 0 Å². The van der Waals surface area contributed by atoms with E-state index in [2.05, 4.69) is 15.9 Å². The maximum Gasteiger partial charge on any atom is 0.415 e. The first-order valence-electron chi connectivity index (χ1n) is 6.61. The lowest BCUT2D eigenvalue weighted by Crippen LogP contribution is -2.42. The Balaban J connectivity index is 2.21. The van der Waals surface area contributed by atoms with E-state index in [4.69, 9.17) is 14.2 Å². The Bertz CT molecular complexity index is 528. The van der Waals surface area contributed by atoms with Gasteiger partial charge in [-0.15, -0.1) is 0 Å². The summed E-state index contributed by atoms with van der Waals surface area (Å²) in [4.78, 5) is 24.6. The molecule has 6 nitrogen and oxygen atoms in total. The Labute approximate surface area is 131 Å². The minimum atomic E-state index is -0.459. The van der Waals surface area contributed by atoms with Crippen molar-refractivity contribution in [3.05, 3.63) is 22.2 Å². The van der Waals surface area contributed by atoms with Gasteiger partial charge in [-0.05, 0) is 35.0 Å². The zero-order valence-electron chi connectivity index (χ0n) is 11.6. The third-order valence-electron chi connectivity index (χ3n) is 2.93. The van der Waals surface area contributed by atoms with Crippen LogP contribution in [0.4, 0.5) is 4.79 Å². The predicted octanol–water partition coefficient (Wildman–Crippen LogP) is 2.49. The topological polar surface area (TPSA) is 65.1 Å². The zero-order valence-corrected chi connectivity index (χ0v) is 13.2. The van der Waals surface area contributed by atoms with Gasteiger partial charge in [0.2, 0.25) is 0 Å². The van der Waals surface area contributed by atoms with E-state index >= 15 is 0 Å². The SMILES string of the molecule is CCOc1cc(C=O)cc(Br)c1OC(=O)N1CCOCC1. The molecule has 0 N–H and O–H groups in total. The molecule has 1 heterocycles. The molecule has 1 aliphatic rings. The van der Waals surface area contributed by atoms with Gasteiger partial charge in [-0.3, -0.25) is 4.79 Å². The number of hydrogen-bond acceptors (Lipinski definition) is 5. The third-order valence-corrected chi connectivity index (χ3v) is 3.52. The highest BCUT2D eigenvalue weighted by molar-refractivity contribution is 9.10. The Morgan fingerprint density at radius 2 is 2.14 bits per heavy atom. The van der Waals surface area contributed by atoms with E-state index in [1.54, 1.807) is 17.0 Å². The number of aldehydes is 1. The highest BCUT2D eigenvalue weighted by atomic mass is 79.9. The van der Waals surface area contributed by atoms with Crippen molar-refractivity contribution >= 4 is 28.3 Å². The van der Waals surface area contributed by atoms with Crippen LogP contribution in [-0.2, 0) is 4.74 Å². The molecular formula is C14H16BrNO5. The van der Waals surface area contributed by atoms with Gasteiger partial charge >= 0.3 is 6.09 Å². The molecule has 0 saturated carbocycles. The van der Waals surface area contributed by atoms with E-state index in [9.17, 15) is 9.59 Å². The van der Waals surface area contributed by atoms with Crippen LogP contribution in [0.25, 0.3) is 0 Å². The van der Waals surface area contributed by atoms with Crippen LogP contribution in [0, 0.1) is 0 Å². The highest BCUT2D eigenvalue weighted by Gasteiger charge is 2.22. The molecule has 0 atom stereocenters. The van der Waals surface area contributed by atoms with Crippen molar-refractivity contribution in [3.8, 4) is 11.5 Å². The van der Waals surface area contributed by atoms with Crippen molar-refractivity contribution in [1.29, 1.82) is 0 Å². The van der Waals surface area contributed by atoms with Gasteiger partial charge in [0.15, 0.2) is 11.5 Å². The number of hydrogen-bond donors (Lipinski definition) is 0. The van der Waals surface area contributed by atoms with Gasteiger partial charge in [0.25, 0.3) is 0 Å². The lowest BCUT2D eigenvalue weighted by Gasteiger charge is -2.26. The van der Waals surface area contributed by atoms with Gasteiger partial charge < -0.3 is 19.1 Å². The fourth-order valence-corrected chi connectivity index (χ4v) is 2.46. The molecule has 0 bridgehead atoms. The molecule has 0 unspecified atom stereocenters. The summed E-state index contributed by atoms with van der Waals surface area (Å²) in [6, 6.07) is 3.13. The fourth-order valence-electron chi connectivity index (χ4n) is 1.92. The number of halogens is 1. The molecule has 1 saturated heterocycles. The molecule has 7 heteroatoms.